The quantitative estimate of drug-likeness (QED) is 0.641. The first-order chi connectivity index (χ1) is 12.7. The highest BCUT2D eigenvalue weighted by Gasteiger charge is 2.09. The smallest absolute Gasteiger partial charge is 0.295 e. The van der Waals surface area contributed by atoms with Gasteiger partial charge in [-0.25, -0.2) is 9.37 Å². The average molecular weight is 357 g/mol. The van der Waals surface area contributed by atoms with E-state index < -0.39 is 0 Å². The van der Waals surface area contributed by atoms with Gasteiger partial charge in [-0.2, -0.15) is 4.98 Å². The molecule has 0 saturated carbocycles. The first-order valence-electron chi connectivity index (χ1n) is 8.26. The van der Waals surface area contributed by atoms with Crippen LogP contribution in [0.25, 0.3) is 11.1 Å². The summed E-state index contributed by atoms with van der Waals surface area (Å²) in [5.74, 6) is 1.15. The van der Waals surface area contributed by atoms with Crippen LogP contribution >= 0.6 is 0 Å². The van der Waals surface area contributed by atoms with Gasteiger partial charge in [0.15, 0.2) is 5.58 Å². The van der Waals surface area contributed by atoms with E-state index >= 15 is 0 Å². The highest BCUT2D eigenvalue weighted by Crippen LogP contribution is 2.25. The number of rotatable bonds is 8. The first kappa shape index (κ1) is 17.7. The Morgan fingerprint density at radius 3 is 3.00 bits per heavy atom. The van der Waals surface area contributed by atoms with Crippen molar-refractivity contribution in [2.75, 3.05) is 19.0 Å². The summed E-state index contributed by atoms with van der Waals surface area (Å²) in [6.45, 7) is 2.55. The molecule has 0 radical (unpaired) electrons. The minimum Gasteiger partial charge on any atom is -0.489 e. The molecule has 3 rings (SSSR count). The standard InChI is InChI=1S/C19H20FN3O3/c1-3-13(10-20)12-25-15-6-7-16-17(9-15)26-19(23-16)22-11-14-5-4-8-21-18(14)24-2/h4-10H,3,11-12H2,1-2H3,(H,22,23)/b13-10-. The molecule has 2 aromatic heterocycles. The van der Waals surface area contributed by atoms with Gasteiger partial charge in [-0.05, 0) is 30.2 Å². The molecular weight excluding hydrogens is 337 g/mol. The van der Waals surface area contributed by atoms with E-state index in [4.69, 9.17) is 13.9 Å². The summed E-state index contributed by atoms with van der Waals surface area (Å²) in [5.41, 5.74) is 2.78. The van der Waals surface area contributed by atoms with E-state index in [1.54, 1.807) is 31.5 Å². The zero-order valence-corrected chi connectivity index (χ0v) is 14.7. The van der Waals surface area contributed by atoms with Crippen LogP contribution in [-0.4, -0.2) is 23.7 Å². The number of pyridine rings is 1. The third-order valence-corrected chi connectivity index (χ3v) is 3.87. The van der Waals surface area contributed by atoms with Crippen LogP contribution in [0.4, 0.5) is 10.4 Å². The van der Waals surface area contributed by atoms with Gasteiger partial charge in [-0.15, -0.1) is 0 Å². The predicted octanol–water partition coefficient (Wildman–Crippen LogP) is 4.49. The van der Waals surface area contributed by atoms with Gasteiger partial charge in [0.05, 0.1) is 13.4 Å². The summed E-state index contributed by atoms with van der Waals surface area (Å²) in [4.78, 5) is 8.54. The number of hydrogen-bond acceptors (Lipinski definition) is 6. The molecule has 1 N–H and O–H groups in total. The number of oxazole rings is 1. The summed E-state index contributed by atoms with van der Waals surface area (Å²) in [6.07, 6.45) is 2.86. The minimum absolute atomic E-state index is 0.207. The van der Waals surface area contributed by atoms with E-state index in [1.165, 1.54) is 0 Å². The van der Waals surface area contributed by atoms with E-state index in [1.807, 2.05) is 19.1 Å². The van der Waals surface area contributed by atoms with Crippen LogP contribution in [0, 0.1) is 0 Å². The number of hydrogen-bond donors (Lipinski definition) is 1. The molecule has 2 heterocycles. The molecule has 0 spiro atoms. The van der Waals surface area contributed by atoms with Crippen molar-refractivity contribution in [1.82, 2.24) is 9.97 Å². The molecule has 0 aliphatic rings. The Hall–Kier alpha value is -3.09. The number of halogens is 1. The monoisotopic (exact) mass is 357 g/mol. The number of ether oxygens (including phenoxy) is 2. The lowest BCUT2D eigenvalue weighted by atomic mass is 10.2. The van der Waals surface area contributed by atoms with Gasteiger partial charge in [0, 0.05) is 24.4 Å². The third-order valence-electron chi connectivity index (χ3n) is 3.87. The van der Waals surface area contributed by atoms with Gasteiger partial charge >= 0.3 is 0 Å². The fraction of sp³-hybridized carbons (Fsp3) is 0.263. The number of anilines is 1. The summed E-state index contributed by atoms with van der Waals surface area (Å²) in [7, 11) is 1.58. The maximum absolute atomic E-state index is 12.6. The SMILES string of the molecule is CC/C(=C/F)COc1ccc2nc(NCc3cccnc3OC)oc2c1. The molecule has 7 heteroatoms. The van der Waals surface area contributed by atoms with Crippen molar-refractivity contribution in [2.24, 2.45) is 0 Å². The maximum Gasteiger partial charge on any atom is 0.295 e. The minimum atomic E-state index is 0.207. The van der Waals surface area contributed by atoms with Crippen molar-refractivity contribution in [2.45, 2.75) is 19.9 Å². The van der Waals surface area contributed by atoms with Crippen LogP contribution in [0.1, 0.15) is 18.9 Å². The van der Waals surface area contributed by atoms with Crippen LogP contribution in [0.2, 0.25) is 0 Å². The molecule has 6 nitrogen and oxygen atoms in total. The summed E-state index contributed by atoms with van der Waals surface area (Å²) < 4.78 is 29.1. The van der Waals surface area contributed by atoms with Gasteiger partial charge in [0.1, 0.15) is 17.9 Å². The predicted molar refractivity (Wildman–Crippen MR) is 97.1 cm³/mol. The molecule has 0 fully saturated rings. The van der Waals surface area contributed by atoms with E-state index in [0.29, 0.717) is 53.6 Å². The average Bonchev–Trinajstić information content (AvgIpc) is 3.09. The zero-order chi connectivity index (χ0) is 18.4. The summed E-state index contributed by atoms with van der Waals surface area (Å²) in [5, 5.41) is 3.12. The third kappa shape index (κ3) is 4.11. The summed E-state index contributed by atoms with van der Waals surface area (Å²) >= 11 is 0. The van der Waals surface area contributed by atoms with Crippen LogP contribution in [0.3, 0.4) is 0 Å². The molecule has 0 aliphatic heterocycles. The van der Waals surface area contributed by atoms with Crippen LogP contribution in [0.5, 0.6) is 11.6 Å². The normalized spacial score (nSPS) is 11.6. The molecule has 1 aromatic carbocycles. The first-order valence-corrected chi connectivity index (χ1v) is 8.26. The van der Waals surface area contributed by atoms with E-state index in [0.717, 1.165) is 5.56 Å². The lowest BCUT2D eigenvalue weighted by Gasteiger charge is -2.06. The highest BCUT2D eigenvalue weighted by atomic mass is 19.1. The molecule has 0 saturated heterocycles. The Bertz CT molecular complexity index is 908. The highest BCUT2D eigenvalue weighted by molar-refractivity contribution is 5.76. The van der Waals surface area contributed by atoms with Crippen molar-refractivity contribution in [3.05, 3.63) is 54.0 Å². The Kier molecular flexibility index (Phi) is 5.68. The van der Waals surface area contributed by atoms with Gasteiger partial charge in [-0.1, -0.05) is 13.0 Å². The number of nitrogens with one attached hydrogen (secondary N) is 1. The number of benzene rings is 1. The fourth-order valence-electron chi connectivity index (χ4n) is 2.37. The maximum atomic E-state index is 12.6. The van der Waals surface area contributed by atoms with E-state index in [-0.39, 0.29) is 6.61 Å². The Balaban J connectivity index is 1.69. The number of nitrogens with zero attached hydrogens (tertiary/aromatic N) is 2. The molecule has 26 heavy (non-hydrogen) atoms. The van der Waals surface area contributed by atoms with E-state index in [2.05, 4.69) is 15.3 Å². The van der Waals surface area contributed by atoms with Crippen molar-refractivity contribution >= 4 is 17.1 Å². The van der Waals surface area contributed by atoms with Crippen molar-refractivity contribution in [3.8, 4) is 11.6 Å². The van der Waals surface area contributed by atoms with Crippen LogP contribution in [0.15, 0.2) is 52.8 Å². The molecule has 136 valence electrons. The van der Waals surface area contributed by atoms with Crippen molar-refractivity contribution in [1.29, 1.82) is 0 Å². The second-order valence-corrected chi connectivity index (χ2v) is 5.58. The number of methoxy groups -OCH3 is 1. The van der Waals surface area contributed by atoms with Crippen molar-refractivity contribution < 1.29 is 18.3 Å². The Labute approximate surface area is 150 Å². The molecule has 0 atom stereocenters. The Morgan fingerprint density at radius 1 is 1.35 bits per heavy atom. The lowest BCUT2D eigenvalue weighted by Crippen LogP contribution is -2.02. The fourth-order valence-corrected chi connectivity index (χ4v) is 2.37. The molecular formula is C19H20FN3O3. The van der Waals surface area contributed by atoms with Gasteiger partial charge < -0.3 is 19.2 Å². The Morgan fingerprint density at radius 2 is 2.23 bits per heavy atom. The molecule has 0 unspecified atom stereocenters. The van der Waals surface area contributed by atoms with E-state index in [9.17, 15) is 4.39 Å². The van der Waals surface area contributed by atoms with Gasteiger partial charge in [0.2, 0.25) is 5.88 Å². The van der Waals surface area contributed by atoms with Crippen LogP contribution < -0.4 is 14.8 Å². The second-order valence-electron chi connectivity index (χ2n) is 5.58. The molecule has 0 amide bonds. The molecule has 3 aromatic rings. The van der Waals surface area contributed by atoms with Crippen molar-refractivity contribution in [3.63, 3.8) is 0 Å². The number of fused-ring (bicyclic) bond motifs is 1. The topological polar surface area (TPSA) is 69.4 Å². The van der Waals surface area contributed by atoms with Crippen LogP contribution in [-0.2, 0) is 6.54 Å². The second kappa shape index (κ2) is 8.33. The lowest BCUT2D eigenvalue weighted by molar-refractivity contribution is 0.345. The molecule has 0 aliphatic carbocycles. The van der Waals surface area contributed by atoms with Gasteiger partial charge in [0.25, 0.3) is 6.01 Å². The van der Waals surface area contributed by atoms with Gasteiger partial charge in [-0.3, -0.25) is 0 Å². The largest absolute Gasteiger partial charge is 0.489 e. The molecule has 0 bridgehead atoms. The summed E-state index contributed by atoms with van der Waals surface area (Å²) in [6, 6.07) is 9.46. The zero-order valence-electron chi connectivity index (χ0n) is 14.7. The number of aromatic nitrogens is 2.